The molecule has 5 nitrogen and oxygen atoms in total. The molecule has 2 rings (SSSR count). The number of nitrogens with zero attached hydrogens (tertiary/aromatic N) is 1. The predicted octanol–water partition coefficient (Wildman–Crippen LogP) is 3.32. The number of amides is 1. The Morgan fingerprint density at radius 1 is 1.29 bits per heavy atom. The molecule has 0 N–H and O–H groups in total. The Hall–Kier alpha value is -1.17. The van der Waals surface area contributed by atoms with Gasteiger partial charge in [0.2, 0.25) is 0 Å². The molecule has 136 valence electrons. The molecule has 2 saturated carbocycles. The van der Waals surface area contributed by atoms with E-state index in [-0.39, 0.29) is 17.4 Å². The zero-order valence-corrected chi connectivity index (χ0v) is 15.4. The molecule has 0 radical (unpaired) electrons. The second-order valence-electron chi connectivity index (χ2n) is 7.17. The van der Waals surface area contributed by atoms with E-state index in [1.807, 2.05) is 6.08 Å². The predicted molar refractivity (Wildman–Crippen MR) is 93.0 cm³/mol. The SMILES string of the molecule is C=C(C=CC(=O)N(C)OC)[C@H]1CC[C@H]2[C@@H](OCOC)CCC[C@]12C. The molecule has 0 aliphatic heterocycles. The molecule has 2 aliphatic carbocycles. The van der Waals surface area contributed by atoms with E-state index in [1.54, 1.807) is 20.2 Å². The van der Waals surface area contributed by atoms with E-state index in [1.165, 1.54) is 25.0 Å². The molecule has 2 fully saturated rings. The minimum atomic E-state index is -0.178. The zero-order chi connectivity index (χ0) is 17.7. The first-order valence-electron chi connectivity index (χ1n) is 8.73. The third kappa shape index (κ3) is 3.90. The number of carbonyl (C=O) groups excluding carboxylic acids is 1. The van der Waals surface area contributed by atoms with Crippen LogP contribution in [-0.2, 0) is 19.1 Å². The molecule has 1 amide bonds. The second-order valence-corrected chi connectivity index (χ2v) is 7.17. The maximum Gasteiger partial charge on any atom is 0.269 e. The van der Waals surface area contributed by atoms with Crippen LogP contribution in [0, 0.1) is 17.3 Å². The van der Waals surface area contributed by atoms with Gasteiger partial charge in [-0.15, -0.1) is 0 Å². The lowest BCUT2D eigenvalue weighted by molar-refractivity contribution is -0.162. The molecule has 4 atom stereocenters. The van der Waals surface area contributed by atoms with Gasteiger partial charge in [-0.2, -0.15) is 0 Å². The summed E-state index contributed by atoms with van der Waals surface area (Å²) in [5.41, 5.74) is 1.22. The third-order valence-electron chi connectivity index (χ3n) is 5.93. The number of hydrogen-bond donors (Lipinski definition) is 0. The van der Waals surface area contributed by atoms with Crippen molar-refractivity contribution in [3.05, 3.63) is 24.3 Å². The van der Waals surface area contributed by atoms with Gasteiger partial charge < -0.3 is 9.47 Å². The molecule has 0 aromatic heterocycles. The Labute approximate surface area is 145 Å². The first-order valence-corrected chi connectivity index (χ1v) is 8.73. The number of fused-ring (bicyclic) bond motifs is 1. The molecule has 0 saturated heterocycles. The minimum Gasteiger partial charge on any atom is -0.359 e. The summed E-state index contributed by atoms with van der Waals surface area (Å²) in [5.74, 6) is 0.755. The van der Waals surface area contributed by atoms with Crippen molar-refractivity contribution in [3.8, 4) is 0 Å². The number of hydrogen-bond acceptors (Lipinski definition) is 4. The van der Waals surface area contributed by atoms with Gasteiger partial charge in [0.05, 0.1) is 13.2 Å². The topological polar surface area (TPSA) is 48.0 Å². The van der Waals surface area contributed by atoms with Crippen molar-refractivity contribution in [2.75, 3.05) is 28.1 Å². The van der Waals surface area contributed by atoms with Gasteiger partial charge in [0.15, 0.2) is 0 Å². The maximum atomic E-state index is 11.9. The number of rotatable bonds is 7. The normalized spacial score (nSPS) is 32.8. The molecule has 0 aromatic rings. The molecule has 0 unspecified atom stereocenters. The van der Waals surface area contributed by atoms with E-state index in [2.05, 4.69) is 13.5 Å². The molecule has 2 aliphatic rings. The van der Waals surface area contributed by atoms with E-state index in [4.69, 9.17) is 14.3 Å². The highest BCUT2D eigenvalue weighted by Gasteiger charge is 2.52. The number of hydroxylamine groups is 2. The van der Waals surface area contributed by atoms with Crippen LogP contribution in [0.15, 0.2) is 24.3 Å². The van der Waals surface area contributed by atoms with Crippen molar-refractivity contribution in [3.63, 3.8) is 0 Å². The molecular formula is C19H31NO4. The number of ether oxygens (including phenoxy) is 2. The van der Waals surface area contributed by atoms with Crippen LogP contribution in [0.3, 0.4) is 0 Å². The standard InChI is InChI=1S/C19H31NO4/c1-14(8-11-18(21)20(3)23-5)15-9-10-16-17(24-13-22-4)7-6-12-19(15,16)2/h8,11,15-17H,1,6-7,9-10,12-13H2,2-5H3/t15-,16+,17+,19-/m1/s1. The quantitative estimate of drug-likeness (QED) is 0.309. The first-order chi connectivity index (χ1) is 11.4. The van der Waals surface area contributed by atoms with E-state index < -0.39 is 0 Å². The van der Waals surface area contributed by atoms with Gasteiger partial charge in [-0.3, -0.25) is 9.63 Å². The largest absolute Gasteiger partial charge is 0.359 e. The molecule has 0 aromatic carbocycles. The number of carbonyl (C=O) groups is 1. The zero-order valence-electron chi connectivity index (χ0n) is 15.4. The van der Waals surface area contributed by atoms with Crippen LogP contribution in [0.1, 0.15) is 39.0 Å². The van der Waals surface area contributed by atoms with Crippen LogP contribution < -0.4 is 0 Å². The minimum absolute atomic E-state index is 0.178. The lowest BCUT2D eigenvalue weighted by Crippen LogP contribution is -2.41. The average Bonchev–Trinajstić information content (AvgIpc) is 2.94. The van der Waals surface area contributed by atoms with E-state index in [0.717, 1.165) is 24.8 Å². The fourth-order valence-electron chi connectivity index (χ4n) is 4.57. The van der Waals surface area contributed by atoms with Crippen LogP contribution in [0.2, 0.25) is 0 Å². The molecule has 0 heterocycles. The Bertz CT molecular complexity index is 490. The average molecular weight is 337 g/mol. The van der Waals surface area contributed by atoms with Crippen LogP contribution >= 0.6 is 0 Å². The fraction of sp³-hybridized carbons (Fsp3) is 0.737. The van der Waals surface area contributed by atoms with Crippen LogP contribution in [-0.4, -0.2) is 45.1 Å². The third-order valence-corrected chi connectivity index (χ3v) is 5.93. The van der Waals surface area contributed by atoms with E-state index in [0.29, 0.717) is 18.6 Å². The van der Waals surface area contributed by atoms with Gasteiger partial charge in [-0.25, -0.2) is 5.06 Å². The van der Waals surface area contributed by atoms with Crippen LogP contribution in [0.25, 0.3) is 0 Å². The summed E-state index contributed by atoms with van der Waals surface area (Å²) in [6.45, 7) is 6.98. The van der Waals surface area contributed by atoms with Crippen LogP contribution in [0.4, 0.5) is 0 Å². The highest BCUT2D eigenvalue weighted by atomic mass is 16.7. The van der Waals surface area contributed by atoms with Crippen molar-refractivity contribution >= 4 is 5.91 Å². The smallest absolute Gasteiger partial charge is 0.269 e. The number of allylic oxidation sites excluding steroid dienone is 2. The van der Waals surface area contributed by atoms with Crippen molar-refractivity contribution in [1.29, 1.82) is 0 Å². The molecular weight excluding hydrogens is 306 g/mol. The van der Waals surface area contributed by atoms with Crippen molar-refractivity contribution in [1.82, 2.24) is 5.06 Å². The lowest BCUT2D eigenvalue weighted by Gasteiger charge is -2.45. The van der Waals surface area contributed by atoms with Gasteiger partial charge in [-0.05, 0) is 42.9 Å². The molecule has 24 heavy (non-hydrogen) atoms. The van der Waals surface area contributed by atoms with Gasteiger partial charge in [0, 0.05) is 20.2 Å². The van der Waals surface area contributed by atoms with Crippen molar-refractivity contribution in [2.24, 2.45) is 17.3 Å². The summed E-state index contributed by atoms with van der Waals surface area (Å²) in [5, 5.41) is 1.21. The first kappa shape index (κ1) is 19.2. The highest BCUT2D eigenvalue weighted by Crippen LogP contribution is 2.58. The Morgan fingerprint density at radius 3 is 2.71 bits per heavy atom. The number of likely N-dealkylation sites (N-methyl/N-ethyl adjacent to an activating group) is 1. The molecule has 5 heteroatoms. The maximum absolute atomic E-state index is 11.9. The summed E-state index contributed by atoms with van der Waals surface area (Å²) < 4.78 is 11.0. The summed E-state index contributed by atoms with van der Waals surface area (Å²) in [6, 6.07) is 0. The summed E-state index contributed by atoms with van der Waals surface area (Å²) in [7, 11) is 4.74. The summed E-state index contributed by atoms with van der Waals surface area (Å²) in [6.07, 6.45) is 9.38. The van der Waals surface area contributed by atoms with Crippen LogP contribution in [0.5, 0.6) is 0 Å². The highest BCUT2D eigenvalue weighted by molar-refractivity contribution is 5.87. The lowest BCUT2D eigenvalue weighted by atomic mass is 9.63. The van der Waals surface area contributed by atoms with Crippen molar-refractivity contribution in [2.45, 2.75) is 45.1 Å². The van der Waals surface area contributed by atoms with E-state index in [9.17, 15) is 4.79 Å². The van der Waals surface area contributed by atoms with Gasteiger partial charge >= 0.3 is 0 Å². The fourth-order valence-corrected chi connectivity index (χ4v) is 4.57. The van der Waals surface area contributed by atoms with Gasteiger partial charge in [-0.1, -0.05) is 31.6 Å². The number of methoxy groups -OCH3 is 1. The van der Waals surface area contributed by atoms with Crippen molar-refractivity contribution < 1.29 is 19.1 Å². The second kappa shape index (κ2) is 8.28. The Kier molecular flexibility index (Phi) is 6.61. The molecule has 0 bridgehead atoms. The molecule has 0 spiro atoms. The Balaban J connectivity index is 2.05. The summed E-state index contributed by atoms with van der Waals surface area (Å²) in [4.78, 5) is 16.8. The summed E-state index contributed by atoms with van der Waals surface area (Å²) >= 11 is 0. The van der Waals surface area contributed by atoms with Gasteiger partial charge in [0.1, 0.15) is 6.79 Å². The van der Waals surface area contributed by atoms with E-state index >= 15 is 0 Å². The van der Waals surface area contributed by atoms with Gasteiger partial charge in [0.25, 0.3) is 5.91 Å². The monoisotopic (exact) mass is 337 g/mol. The Morgan fingerprint density at radius 2 is 2.04 bits per heavy atom.